The second kappa shape index (κ2) is 6.43. The van der Waals surface area contributed by atoms with Crippen LogP contribution in [0.4, 0.5) is 0 Å². The summed E-state index contributed by atoms with van der Waals surface area (Å²) in [6, 6.07) is 0.149. The molecule has 0 bridgehead atoms. The van der Waals surface area contributed by atoms with E-state index in [-0.39, 0.29) is 6.04 Å². The maximum Gasteiger partial charge on any atom is 0.200 e. The number of aliphatic imine (C=N–C) groups is 1. The maximum atomic E-state index is 5.73. The molecule has 1 atom stereocenters. The molecule has 0 aliphatic rings. The summed E-state index contributed by atoms with van der Waals surface area (Å²) in [5.41, 5.74) is 5.73. The van der Waals surface area contributed by atoms with Gasteiger partial charge < -0.3 is 15.5 Å². The van der Waals surface area contributed by atoms with Gasteiger partial charge in [0.1, 0.15) is 0 Å². The van der Waals surface area contributed by atoms with Gasteiger partial charge in [-0.3, -0.25) is 0 Å². The predicted molar refractivity (Wildman–Crippen MR) is 62.2 cm³/mol. The van der Waals surface area contributed by atoms with Gasteiger partial charge in [0.05, 0.1) is 0 Å². The van der Waals surface area contributed by atoms with Crippen LogP contribution in [0.25, 0.3) is 0 Å². The lowest BCUT2D eigenvalue weighted by Crippen LogP contribution is -2.43. The molecule has 0 amide bonds. The van der Waals surface area contributed by atoms with Crippen molar-refractivity contribution in [1.82, 2.24) is 9.80 Å². The topological polar surface area (TPSA) is 44.9 Å². The zero-order valence-electron chi connectivity index (χ0n) is 9.86. The summed E-state index contributed by atoms with van der Waals surface area (Å²) in [6.45, 7) is 4.73. The van der Waals surface area contributed by atoms with Gasteiger partial charge >= 0.3 is 0 Å². The van der Waals surface area contributed by atoms with E-state index in [1.807, 2.05) is 50.9 Å². The third kappa shape index (κ3) is 4.87. The highest BCUT2D eigenvalue weighted by atomic mass is 15.3. The summed E-state index contributed by atoms with van der Waals surface area (Å²) in [7, 11) is 5.94. The fourth-order valence-electron chi connectivity index (χ4n) is 1.21. The Bertz CT molecular complexity index is 206. The zero-order valence-corrected chi connectivity index (χ0v) is 9.86. The third-order valence-electron chi connectivity index (χ3n) is 1.64. The number of nitrogens with two attached hydrogens (primary N) is 1. The van der Waals surface area contributed by atoms with Crippen LogP contribution in [0.5, 0.6) is 0 Å². The van der Waals surface area contributed by atoms with E-state index in [1.54, 1.807) is 6.20 Å². The average Bonchev–Trinajstić information content (AvgIpc) is 2.02. The largest absolute Gasteiger partial charge is 0.349 e. The molecule has 0 saturated heterocycles. The van der Waals surface area contributed by atoms with Crippen LogP contribution in [0.3, 0.4) is 0 Å². The van der Waals surface area contributed by atoms with Crippen molar-refractivity contribution in [3.8, 4) is 0 Å². The summed E-state index contributed by atoms with van der Waals surface area (Å²) in [4.78, 5) is 8.35. The summed E-state index contributed by atoms with van der Waals surface area (Å²) in [6.07, 6.45) is 3.69. The molecule has 0 aromatic rings. The summed E-state index contributed by atoms with van der Waals surface area (Å²) in [5, 5.41) is 0. The van der Waals surface area contributed by atoms with Crippen molar-refractivity contribution in [3.05, 3.63) is 12.3 Å². The number of guanidine groups is 1. The number of likely N-dealkylation sites (N-methyl/N-ethyl adjacent to an activating group) is 1. The van der Waals surface area contributed by atoms with Crippen molar-refractivity contribution in [2.45, 2.75) is 19.9 Å². The van der Waals surface area contributed by atoms with Gasteiger partial charge in [-0.1, -0.05) is 6.08 Å². The second-order valence-corrected chi connectivity index (χ2v) is 3.66. The second-order valence-electron chi connectivity index (χ2n) is 3.66. The lowest BCUT2D eigenvalue weighted by atomic mass is 10.3. The number of allylic oxidation sites excluding steroid dienone is 1. The highest BCUT2D eigenvalue weighted by Crippen LogP contribution is 1.94. The molecular formula is C10H22N4. The molecule has 0 aromatic carbocycles. The molecule has 0 aromatic heterocycles. The molecule has 4 heteroatoms. The summed E-state index contributed by atoms with van der Waals surface area (Å²) in [5.74, 6) is 0.917. The molecule has 0 radical (unpaired) electrons. The average molecular weight is 198 g/mol. The van der Waals surface area contributed by atoms with E-state index in [0.29, 0.717) is 0 Å². The van der Waals surface area contributed by atoms with Crippen molar-refractivity contribution in [2.75, 3.05) is 27.7 Å². The first-order valence-electron chi connectivity index (χ1n) is 4.82. The molecule has 0 saturated carbocycles. The summed E-state index contributed by atoms with van der Waals surface area (Å²) < 4.78 is 0. The highest BCUT2D eigenvalue weighted by molar-refractivity contribution is 5.80. The van der Waals surface area contributed by atoms with Gasteiger partial charge in [-0.15, -0.1) is 0 Å². The van der Waals surface area contributed by atoms with Crippen LogP contribution in [0.1, 0.15) is 13.8 Å². The standard InChI is InChI=1S/C10H22N4/c1-6-7-12-10(13(3)4)14(5)8-9(2)11/h6-7,9H,8,11H2,1-5H3/b7-6+,12-10?/t9-/m0/s1. The van der Waals surface area contributed by atoms with Gasteiger partial charge in [0.15, 0.2) is 5.96 Å². The van der Waals surface area contributed by atoms with Crippen LogP contribution in [-0.2, 0) is 0 Å². The van der Waals surface area contributed by atoms with Gasteiger partial charge in [0.25, 0.3) is 0 Å². The highest BCUT2D eigenvalue weighted by Gasteiger charge is 2.09. The molecule has 2 N–H and O–H groups in total. The molecule has 0 heterocycles. The first-order chi connectivity index (χ1) is 6.49. The molecule has 14 heavy (non-hydrogen) atoms. The quantitative estimate of drug-likeness (QED) is 0.537. The van der Waals surface area contributed by atoms with Crippen molar-refractivity contribution in [3.63, 3.8) is 0 Å². The Labute approximate surface area is 87.1 Å². The Morgan fingerprint density at radius 2 is 2.00 bits per heavy atom. The molecule has 4 nitrogen and oxygen atoms in total. The lowest BCUT2D eigenvalue weighted by molar-refractivity contribution is 0.403. The Morgan fingerprint density at radius 1 is 1.43 bits per heavy atom. The van der Waals surface area contributed by atoms with Crippen LogP contribution in [0.2, 0.25) is 0 Å². The number of nitrogens with zero attached hydrogens (tertiary/aromatic N) is 3. The van der Waals surface area contributed by atoms with Gasteiger partial charge in [-0.2, -0.15) is 0 Å². The van der Waals surface area contributed by atoms with Crippen LogP contribution in [-0.4, -0.2) is 49.5 Å². The Balaban J connectivity index is 4.49. The maximum absolute atomic E-state index is 5.73. The molecule has 0 rings (SSSR count). The van der Waals surface area contributed by atoms with Crippen LogP contribution in [0.15, 0.2) is 17.3 Å². The van der Waals surface area contributed by atoms with E-state index < -0.39 is 0 Å². The summed E-state index contributed by atoms with van der Waals surface area (Å²) >= 11 is 0. The minimum Gasteiger partial charge on any atom is -0.349 e. The van der Waals surface area contributed by atoms with Gasteiger partial charge in [-0.25, -0.2) is 4.99 Å². The molecular weight excluding hydrogens is 176 g/mol. The molecule has 0 aliphatic carbocycles. The Kier molecular flexibility index (Phi) is 5.95. The number of hydrogen-bond donors (Lipinski definition) is 1. The Hall–Kier alpha value is -1.03. The fourth-order valence-corrected chi connectivity index (χ4v) is 1.21. The van der Waals surface area contributed by atoms with E-state index in [9.17, 15) is 0 Å². The minimum absolute atomic E-state index is 0.149. The zero-order chi connectivity index (χ0) is 11.1. The van der Waals surface area contributed by atoms with Gasteiger partial charge in [0, 0.05) is 39.9 Å². The molecule has 82 valence electrons. The predicted octanol–water partition coefficient (Wildman–Crippen LogP) is 0.717. The molecule has 0 unspecified atom stereocenters. The van der Waals surface area contributed by atoms with Crippen LogP contribution < -0.4 is 5.73 Å². The lowest BCUT2D eigenvalue weighted by Gasteiger charge is -2.27. The molecule has 0 aliphatic heterocycles. The van der Waals surface area contributed by atoms with E-state index >= 15 is 0 Å². The smallest absolute Gasteiger partial charge is 0.200 e. The third-order valence-corrected chi connectivity index (χ3v) is 1.64. The first kappa shape index (κ1) is 13.0. The minimum atomic E-state index is 0.149. The van der Waals surface area contributed by atoms with Gasteiger partial charge in [0.2, 0.25) is 0 Å². The van der Waals surface area contributed by atoms with Gasteiger partial charge in [-0.05, 0) is 13.8 Å². The molecule has 0 fully saturated rings. The van der Waals surface area contributed by atoms with Crippen molar-refractivity contribution in [2.24, 2.45) is 10.7 Å². The normalized spacial score (nSPS) is 14.6. The van der Waals surface area contributed by atoms with E-state index in [4.69, 9.17) is 5.73 Å². The van der Waals surface area contributed by atoms with E-state index in [2.05, 4.69) is 4.99 Å². The Morgan fingerprint density at radius 3 is 2.36 bits per heavy atom. The van der Waals surface area contributed by atoms with Crippen molar-refractivity contribution < 1.29 is 0 Å². The molecule has 0 spiro atoms. The number of hydrogen-bond acceptors (Lipinski definition) is 2. The van der Waals surface area contributed by atoms with Crippen LogP contribution >= 0.6 is 0 Å². The van der Waals surface area contributed by atoms with Crippen molar-refractivity contribution >= 4 is 5.96 Å². The number of rotatable bonds is 3. The van der Waals surface area contributed by atoms with E-state index in [0.717, 1.165) is 12.5 Å². The first-order valence-corrected chi connectivity index (χ1v) is 4.82. The van der Waals surface area contributed by atoms with Crippen molar-refractivity contribution in [1.29, 1.82) is 0 Å². The van der Waals surface area contributed by atoms with E-state index in [1.165, 1.54) is 0 Å². The van der Waals surface area contributed by atoms with Crippen LogP contribution in [0, 0.1) is 0 Å². The SMILES string of the molecule is C/C=C/N=C(N(C)C)N(C)C[C@H](C)N. The fraction of sp³-hybridized carbons (Fsp3) is 0.700. The monoisotopic (exact) mass is 198 g/mol.